The van der Waals surface area contributed by atoms with E-state index in [0.29, 0.717) is 17.2 Å². The van der Waals surface area contributed by atoms with Gasteiger partial charge in [0, 0.05) is 23.3 Å². The molecule has 0 bridgehead atoms. The maximum atomic E-state index is 12.0. The molecular weight excluding hydrogens is 414 g/mol. The monoisotopic (exact) mass is 429 g/mol. The van der Waals surface area contributed by atoms with Crippen molar-refractivity contribution in [1.29, 1.82) is 0 Å². The van der Waals surface area contributed by atoms with Gasteiger partial charge in [-0.2, -0.15) is 0 Å². The molecule has 3 rings (SSSR count). The van der Waals surface area contributed by atoms with Crippen LogP contribution in [-0.4, -0.2) is 39.8 Å². The molecule has 3 aromatic rings. The Morgan fingerprint density at radius 2 is 1.80 bits per heavy atom. The number of nitro groups is 1. The zero-order valence-electron chi connectivity index (χ0n) is 15.5. The lowest BCUT2D eigenvalue weighted by molar-refractivity contribution is -0.384. The lowest BCUT2D eigenvalue weighted by Gasteiger charge is -2.06. The van der Waals surface area contributed by atoms with Gasteiger partial charge in [0.05, 0.1) is 17.8 Å². The van der Waals surface area contributed by atoms with Gasteiger partial charge in [-0.15, -0.1) is 10.2 Å². The number of benzene rings is 2. The van der Waals surface area contributed by atoms with Crippen LogP contribution in [0.25, 0.3) is 11.5 Å². The average Bonchev–Trinajstić information content (AvgIpc) is 3.25. The fourth-order valence-electron chi connectivity index (χ4n) is 2.21. The van der Waals surface area contributed by atoms with Gasteiger partial charge in [-0.05, 0) is 36.4 Å². The highest BCUT2D eigenvalue weighted by molar-refractivity contribution is 7.99. The molecule has 0 spiro atoms. The predicted octanol–water partition coefficient (Wildman–Crippen LogP) is 2.21. The van der Waals surface area contributed by atoms with Gasteiger partial charge in [-0.3, -0.25) is 30.6 Å². The number of methoxy groups -OCH3 is 1. The zero-order chi connectivity index (χ0) is 21.5. The Kier molecular flexibility index (Phi) is 6.60. The van der Waals surface area contributed by atoms with Crippen LogP contribution < -0.4 is 15.6 Å². The lowest BCUT2D eigenvalue weighted by atomic mass is 10.2. The molecule has 0 unspecified atom stereocenters. The number of amides is 2. The van der Waals surface area contributed by atoms with Gasteiger partial charge in [-0.1, -0.05) is 11.8 Å². The summed E-state index contributed by atoms with van der Waals surface area (Å²) in [6, 6.07) is 12.0. The van der Waals surface area contributed by atoms with Gasteiger partial charge in [0.1, 0.15) is 5.75 Å². The van der Waals surface area contributed by atoms with Gasteiger partial charge in [-0.25, -0.2) is 0 Å². The maximum absolute atomic E-state index is 12.0. The minimum Gasteiger partial charge on any atom is -0.497 e. The molecule has 0 radical (unpaired) electrons. The van der Waals surface area contributed by atoms with E-state index in [1.165, 1.54) is 24.3 Å². The van der Waals surface area contributed by atoms with E-state index in [2.05, 4.69) is 21.0 Å². The van der Waals surface area contributed by atoms with Crippen molar-refractivity contribution in [1.82, 2.24) is 21.0 Å². The van der Waals surface area contributed by atoms with E-state index in [1.54, 1.807) is 31.4 Å². The van der Waals surface area contributed by atoms with Crippen molar-refractivity contribution in [3.63, 3.8) is 0 Å². The summed E-state index contributed by atoms with van der Waals surface area (Å²) in [4.78, 5) is 33.9. The highest BCUT2D eigenvalue weighted by Crippen LogP contribution is 2.24. The second-order valence-electron chi connectivity index (χ2n) is 5.70. The summed E-state index contributed by atoms with van der Waals surface area (Å²) < 4.78 is 10.6. The zero-order valence-corrected chi connectivity index (χ0v) is 16.3. The molecule has 2 amide bonds. The Bertz CT molecular complexity index is 1050. The number of carbonyl (C=O) groups is 2. The number of carbonyl (C=O) groups excluding carboxylic acids is 2. The summed E-state index contributed by atoms with van der Waals surface area (Å²) in [6.07, 6.45) is 0. The second-order valence-corrected chi connectivity index (χ2v) is 6.62. The SMILES string of the molecule is COc1ccc(-c2nnc(SCC(=O)NNC(=O)c3ccc([N+](=O)[O-])cc3)o2)cc1. The standard InChI is InChI=1S/C18H15N5O6S/c1-28-14-8-4-12(5-9-14)17-21-22-18(29-17)30-10-15(24)19-20-16(25)11-2-6-13(7-3-11)23(26)27/h2-9H,10H2,1H3,(H,19,24)(H,20,25). The molecular formula is C18H15N5O6S. The largest absolute Gasteiger partial charge is 0.497 e. The molecule has 1 aromatic heterocycles. The van der Waals surface area contributed by atoms with Crippen molar-refractivity contribution in [3.8, 4) is 17.2 Å². The maximum Gasteiger partial charge on any atom is 0.277 e. The number of non-ortho nitro benzene ring substituents is 1. The number of ether oxygens (including phenoxy) is 1. The van der Waals surface area contributed by atoms with E-state index in [0.717, 1.165) is 11.8 Å². The number of hydrogen-bond donors (Lipinski definition) is 2. The first kappa shape index (κ1) is 20.8. The Labute approximate surface area is 173 Å². The fraction of sp³-hybridized carbons (Fsp3) is 0.111. The molecule has 0 aliphatic carbocycles. The summed E-state index contributed by atoms with van der Waals surface area (Å²) in [7, 11) is 1.57. The number of nitrogens with one attached hydrogen (secondary N) is 2. The average molecular weight is 429 g/mol. The molecule has 0 atom stereocenters. The van der Waals surface area contributed by atoms with Crippen molar-refractivity contribution in [3.05, 3.63) is 64.2 Å². The van der Waals surface area contributed by atoms with Crippen LogP contribution in [0.2, 0.25) is 0 Å². The molecule has 154 valence electrons. The third kappa shape index (κ3) is 5.32. The van der Waals surface area contributed by atoms with E-state index in [4.69, 9.17) is 9.15 Å². The molecule has 1 heterocycles. The van der Waals surface area contributed by atoms with E-state index in [9.17, 15) is 19.7 Å². The number of thioether (sulfide) groups is 1. The third-order valence-electron chi connectivity index (χ3n) is 3.73. The Balaban J connectivity index is 1.47. The Morgan fingerprint density at radius 3 is 2.43 bits per heavy atom. The fourth-order valence-corrected chi connectivity index (χ4v) is 2.78. The van der Waals surface area contributed by atoms with Crippen LogP contribution in [0.3, 0.4) is 0 Å². The third-order valence-corrected chi connectivity index (χ3v) is 4.54. The molecule has 2 aromatic carbocycles. The van der Waals surface area contributed by atoms with Crippen LogP contribution >= 0.6 is 11.8 Å². The topological polar surface area (TPSA) is 149 Å². The molecule has 0 aliphatic heterocycles. The first-order valence-electron chi connectivity index (χ1n) is 8.40. The van der Waals surface area contributed by atoms with E-state index >= 15 is 0 Å². The normalized spacial score (nSPS) is 10.3. The van der Waals surface area contributed by atoms with Gasteiger partial charge >= 0.3 is 0 Å². The van der Waals surface area contributed by atoms with E-state index < -0.39 is 16.7 Å². The van der Waals surface area contributed by atoms with E-state index in [-0.39, 0.29) is 22.2 Å². The smallest absolute Gasteiger partial charge is 0.277 e. The molecule has 0 aliphatic rings. The Hall–Kier alpha value is -3.93. The lowest BCUT2D eigenvalue weighted by Crippen LogP contribution is -2.42. The van der Waals surface area contributed by atoms with Crippen LogP contribution in [0, 0.1) is 10.1 Å². The minimum absolute atomic E-state index is 0.0786. The van der Waals surface area contributed by atoms with Gasteiger partial charge in [0.15, 0.2) is 0 Å². The number of nitro benzene ring substituents is 1. The molecule has 12 heteroatoms. The van der Waals surface area contributed by atoms with Crippen molar-refractivity contribution < 1.29 is 23.7 Å². The van der Waals surface area contributed by atoms with Crippen LogP contribution in [0.5, 0.6) is 5.75 Å². The number of hydrogen-bond acceptors (Lipinski definition) is 9. The van der Waals surface area contributed by atoms with Crippen LogP contribution in [0.4, 0.5) is 5.69 Å². The molecule has 11 nitrogen and oxygen atoms in total. The quantitative estimate of drug-likeness (QED) is 0.327. The summed E-state index contributed by atoms with van der Waals surface area (Å²) in [5.74, 6) is -0.195. The van der Waals surface area contributed by atoms with Crippen LogP contribution in [0.1, 0.15) is 10.4 Å². The van der Waals surface area contributed by atoms with Gasteiger partial charge < -0.3 is 9.15 Å². The summed E-state index contributed by atoms with van der Waals surface area (Å²) >= 11 is 1.00. The minimum atomic E-state index is -0.608. The number of hydrazine groups is 1. The van der Waals surface area contributed by atoms with Gasteiger partial charge in [0.2, 0.25) is 11.8 Å². The molecule has 0 fully saturated rings. The van der Waals surface area contributed by atoms with Gasteiger partial charge in [0.25, 0.3) is 16.8 Å². The molecule has 0 saturated heterocycles. The molecule has 2 N–H and O–H groups in total. The van der Waals surface area contributed by atoms with Crippen LogP contribution in [-0.2, 0) is 4.79 Å². The van der Waals surface area contributed by atoms with Crippen LogP contribution in [0.15, 0.2) is 58.2 Å². The van der Waals surface area contributed by atoms with Crippen molar-refractivity contribution in [2.45, 2.75) is 5.22 Å². The molecule has 0 saturated carbocycles. The summed E-state index contributed by atoms with van der Waals surface area (Å²) in [6.45, 7) is 0. The Morgan fingerprint density at radius 1 is 1.10 bits per heavy atom. The van der Waals surface area contributed by atoms with Crippen molar-refractivity contribution in [2.75, 3.05) is 12.9 Å². The van der Waals surface area contributed by atoms with Crippen molar-refractivity contribution >= 4 is 29.3 Å². The first-order valence-corrected chi connectivity index (χ1v) is 9.39. The number of nitrogens with zero attached hydrogens (tertiary/aromatic N) is 3. The second kappa shape index (κ2) is 9.52. The number of rotatable bonds is 7. The van der Waals surface area contributed by atoms with E-state index in [1.807, 2.05) is 0 Å². The number of aromatic nitrogens is 2. The summed E-state index contributed by atoms with van der Waals surface area (Å²) in [5, 5.41) is 18.6. The first-order chi connectivity index (χ1) is 14.5. The molecule has 30 heavy (non-hydrogen) atoms. The van der Waals surface area contributed by atoms with Crippen molar-refractivity contribution in [2.24, 2.45) is 0 Å². The highest BCUT2D eigenvalue weighted by Gasteiger charge is 2.13. The highest BCUT2D eigenvalue weighted by atomic mass is 32.2. The summed E-state index contributed by atoms with van der Waals surface area (Å²) in [5.41, 5.74) is 5.20. The predicted molar refractivity (Wildman–Crippen MR) is 106 cm³/mol.